The summed E-state index contributed by atoms with van der Waals surface area (Å²) in [7, 11) is -5.35. The molecule has 1 aromatic heterocycles. The number of rotatable bonds is 18. The zero-order valence-corrected chi connectivity index (χ0v) is 48.9. The van der Waals surface area contributed by atoms with Gasteiger partial charge in [-0.3, -0.25) is 42.9 Å². The highest BCUT2D eigenvalue weighted by molar-refractivity contribution is 7.81. The SMILES string of the molecule is CCCCCOc1ccc(-c2cc(-c3ccc(C(=O)N[C@H]4C[C@@H](O)[C@@H](O)NC(=O)[C@@H]5[C@@H](O)[C@@H](C)CN5C(=O)[C@H]([C@H](O)CC(N)=O)NC(=O)[C@H]([C@H](O)[C@@H](O)c5ccc(O)c(OS(=O)(=O)O)c5)NC(=O)[C@@H]5C[C@@H](O)CN5C(=O)C([C@@H](C)O)NC4=O)cc3)no2)cc1. The molecule has 4 aromatic rings. The summed E-state index contributed by atoms with van der Waals surface area (Å²) in [6, 6.07) is 3.52. The maximum Gasteiger partial charge on any atom is 0.446 e. The molecule has 89 heavy (non-hydrogen) atoms. The molecule has 0 spiro atoms. The van der Waals surface area contributed by atoms with Crippen molar-refractivity contribution < 1.29 is 111 Å². The molecule has 3 aromatic carbocycles. The van der Waals surface area contributed by atoms with Crippen LogP contribution in [0.3, 0.4) is 0 Å². The van der Waals surface area contributed by atoms with Crippen molar-refractivity contribution in [2.45, 2.75) is 145 Å². The largest absolute Gasteiger partial charge is 0.504 e. The Morgan fingerprint density at radius 1 is 0.787 bits per heavy atom. The lowest BCUT2D eigenvalue weighted by Gasteiger charge is -2.34. The Bertz CT molecular complexity index is 3340. The van der Waals surface area contributed by atoms with Gasteiger partial charge in [-0.25, -0.2) is 0 Å². The minimum Gasteiger partial charge on any atom is -0.504 e. The summed E-state index contributed by atoms with van der Waals surface area (Å²) < 4.78 is 48.1. The number of ether oxygens (including phenoxy) is 1. The van der Waals surface area contributed by atoms with Crippen LogP contribution in [0.2, 0.25) is 0 Å². The number of hydrogen-bond donors (Lipinski definition) is 16. The molecule has 0 bridgehead atoms. The van der Waals surface area contributed by atoms with Crippen LogP contribution in [0.5, 0.6) is 17.2 Å². The number of amides is 8. The summed E-state index contributed by atoms with van der Waals surface area (Å²) in [5, 5.41) is 116. The van der Waals surface area contributed by atoms with Gasteiger partial charge in [0, 0.05) is 54.6 Å². The van der Waals surface area contributed by atoms with Crippen molar-refractivity contribution in [2.75, 3.05) is 19.7 Å². The number of nitrogens with two attached hydrogens (primary N) is 1. The summed E-state index contributed by atoms with van der Waals surface area (Å²) in [5.41, 5.74) is 6.17. The van der Waals surface area contributed by atoms with E-state index in [0.717, 1.165) is 32.3 Å². The number of carbonyl (C=O) groups is 8. The smallest absolute Gasteiger partial charge is 0.446 e. The molecule has 17 N–H and O–H groups in total. The average Bonchev–Trinajstić information content (AvgIpc) is 2.76. The molecule has 3 saturated heterocycles. The number of phenolic OH excluding ortho intramolecular Hbond substituents is 1. The number of fused-ring (bicyclic) bond motifs is 2. The molecule has 15 atom stereocenters. The Labute approximate surface area is 507 Å². The Balaban J connectivity index is 1.22. The summed E-state index contributed by atoms with van der Waals surface area (Å²) >= 11 is 0. The fourth-order valence-electron chi connectivity index (χ4n) is 10.3. The molecule has 484 valence electrons. The van der Waals surface area contributed by atoms with Crippen LogP contribution in [0.25, 0.3) is 22.6 Å². The zero-order chi connectivity index (χ0) is 65.3. The van der Waals surface area contributed by atoms with Crippen molar-refractivity contribution in [2.24, 2.45) is 11.7 Å². The van der Waals surface area contributed by atoms with Gasteiger partial charge in [-0.1, -0.05) is 50.0 Å². The van der Waals surface area contributed by atoms with Gasteiger partial charge in [0.1, 0.15) is 66.0 Å². The third-order valence-electron chi connectivity index (χ3n) is 15.2. The lowest BCUT2D eigenvalue weighted by atomic mass is 9.96. The van der Waals surface area contributed by atoms with Gasteiger partial charge < -0.3 is 102 Å². The number of aliphatic hydroxyl groups is 8. The monoisotopic (exact) mass is 1270 g/mol. The fourth-order valence-corrected chi connectivity index (χ4v) is 10.7. The fraction of sp³-hybridized carbons (Fsp3) is 0.482. The van der Waals surface area contributed by atoms with Gasteiger partial charge in [0.05, 0.1) is 37.4 Å². The number of primary amides is 1. The molecule has 0 radical (unpaired) electrons. The highest BCUT2D eigenvalue weighted by atomic mass is 32.3. The molecule has 3 aliphatic heterocycles. The predicted molar refractivity (Wildman–Crippen MR) is 304 cm³/mol. The van der Waals surface area contributed by atoms with Gasteiger partial charge in [0.15, 0.2) is 23.5 Å². The van der Waals surface area contributed by atoms with E-state index in [-0.39, 0.29) is 5.56 Å². The Kier molecular flexibility index (Phi) is 22.4. The number of aliphatic hydroxyl groups excluding tert-OH is 8. The van der Waals surface area contributed by atoms with E-state index in [1.54, 1.807) is 30.3 Å². The number of benzene rings is 3. The minimum atomic E-state index is -5.35. The van der Waals surface area contributed by atoms with Crippen LogP contribution in [0.4, 0.5) is 0 Å². The summed E-state index contributed by atoms with van der Waals surface area (Å²) in [6.07, 6.45) is -17.3. The first kappa shape index (κ1) is 68.1. The van der Waals surface area contributed by atoms with E-state index < -0.39 is 198 Å². The van der Waals surface area contributed by atoms with Crippen molar-refractivity contribution in [3.05, 3.63) is 83.9 Å². The summed E-state index contributed by atoms with van der Waals surface area (Å²) in [5.74, 6) is -12.9. The summed E-state index contributed by atoms with van der Waals surface area (Å²) in [6.45, 7) is 3.74. The van der Waals surface area contributed by atoms with E-state index in [4.69, 9.17) is 15.0 Å². The van der Waals surface area contributed by atoms with E-state index >= 15 is 0 Å². The standard InChI is InChI=1S/C56H71N9O23S/c1-4-5-6-17-86-32-14-11-28(12-15-32)39-21-33(63-87-39)27-7-9-29(10-8-27)49(75)58-34-20-38(70)52(78)62-54(80)45-46(72)25(2)23-65(45)56(82)43(37(69)22-41(57)71)60-53(79)44(48(74)47(73)30-13-16-36(68)40(18-30)88-89(83,84)85)61-51(77)35-19-31(67)24-64(35)55(81)42(26(3)66)59-50(34)76/h7-16,18,21,25-26,31,34-35,37-38,42-48,52,66-70,72-74,78H,4-6,17,19-20,22-24H2,1-3H3,(H2,57,71)(H,58,75)(H,59,76)(H,60,79)(H,61,77)(H,62,80)(H,83,84,85)/t25-,26+,31+,34-,35-,37+,38+,42?,43-,44-,45-,46-,47-,48-,52+/m0/s1. The Morgan fingerprint density at radius 2 is 1.43 bits per heavy atom. The molecule has 4 heterocycles. The van der Waals surface area contributed by atoms with Crippen LogP contribution < -0.4 is 41.2 Å². The van der Waals surface area contributed by atoms with Crippen molar-refractivity contribution in [3.8, 4) is 39.8 Å². The van der Waals surface area contributed by atoms with Crippen LogP contribution in [0.15, 0.2) is 77.3 Å². The number of nitrogens with zero attached hydrogens (tertiary/aromatic N) is 3. The molecule has 0 aliphatic carbocycles. The van der Waals surface area contributed by atoms with Crippen LogP contribution in [0.1, 0.15) is 81.3 Å². The number of hydrogen-bond acceptors (Lipinski definition) is 23. The van der Waals surface area contributed by atoms with Crippen LogP contribution >= 0.6 is 0 Å². The second kappa shape index (κ2) is 29.3. The van der Waals surface area contributed by atoms with E-state index in [1.165, 1.54) is 31.2 Å². The second-order valence-electron chi connectivity index (χ2n) is 21.9. The lowest BCUT2D eigenvalue weighted by molar-refractivity contribution is -0.149. The molecule has 1 unspecified atom stereocenters. The quantitative estimate of drug-likeness (QED) is 0.0334. The first-order valence-electron chi connectivity index (χ1n) is 28.1. The van der Waals surface area contributed by atoms with Gasteiger partial charge in [-0.2, -0.15) is 8.42 Å². The number of aromatic nitrogens is 1. The Hall–Kier alpha value is -8.38. The van der Waals surface area contributed by atoms with Gasteiger partial charge >= 0.3 is 10.4 Å². The lowest BCUT2D eigenvalue weighted by Crippen LogP contribution is -2.64. The molecular formula is C56H71N9O23S. The third-order valence-corrected chi connectivity index (χ3v) is 15.6. The van der Waals surface area contributed by atoms with Gasteiger partial charge in [-0.15, -0.1) is 0 Å². The zero-order valence-electron chi connectivity index (χ0n) is 48.1. The van der Waals surface area contributed by atoms with Crippen molar-refractivity contribution in [1.82, 2.24) is 41.5 Å². The Morgan fingerprint density at radius 3 is 2.07 bits per heavy atom. The number of carbonyl (C=O) groups excluding carboxylic acids is 8. The second-order valence-corrected chi connectivity index (χ2v) is 22.9. The summed E-state index contributed by atoms with van der Waals surface area (Å²) in [4.78, 5) is 115. The topological polar surface area (TPSA) is 510 Å². The van der Waals surface area contributed by atoms with Gasteiger partial charge in [0.2, 0.25) is 41.4 Å². The maximum atomic E-state index is 14.7. The molecule has 33 heteroatoms. The van der Waals surface area contributed by atoms with E-state index in [0.29, 0.717) is 56.9 Å². The predicted octanol–water partition coefficient (Wildman–Crippen LogP) is -3.90. The highest BCUT2D eigenvalue weighted by Gasteiger charge is 2.51. The number of nitrogens with one attached hydrogen (secondary N) is 5. The number of unbranched alkanes of at least 4 members (excludes halogenated alkanes) is 2. The minimum absolute atomic E-state index is 0.107. The van der Waals surface area contributed by atoms with Crippen molar-refractivity contribution >= 4 is 57.7 Å². The van der Waals surface area contributed by atoms with Crippen LogP contribution in [-0.2, 0) is 44.0 Å². The third kappa shape index (κ3) is 16.9. The van der Waals surface area contributed by atoms with Crippen LogP contribution in [-0.4, -0.2) is 220 Å². The van der Waals surface area contributed by atoms with E-state index in [9.17, 15) is 97.3 Å². The molecule has 3 fully saturated rings. The van der Waals surface area contributed by atoms with Crippen LogP contribution in [0, 0.1) is 5.92 Å². The first-order valence-corrected chi connectivity index (χ1v) is 29.5. The van der Waals surface area contributed by atoms with E-state index in [1.807, 2.05) is 10.6 Å². The van der Waals surface area contributed by atoms with Crippen molar-refractivity contribution in [1.29, 1.82) is 0 Å². The average molecular weight is 1270 g/mol. The molecule has 7 rings (SSSR count). The molecular weight excluding hydrogens is 1200 g/mol. The highest BCUT2D eigenvalue weighted by Crippen LogP contribution is 2.34. The molecule has 0 saturated carbocycles. The van der Waals surface area contributed by atoms with Crippen molar-refractivity contribution in [3.63, 3.8) is 0 Å². The molecule has 32 nitrogen and oxygen atoms in total. The maximum absolute atomic E-state index is 14.7. The van der Waals surface area contributed by atoms with Gasteiger partial charge in [0.25, 0.3) is 5.91 Å². The normalized spacial score (nSPS) is 26.4. The molecule has 8 amide bonds. The number of aromatic hydroxyl groups is 1. The van der Waals surface area contributed by atoms with E-state index in [2.05, 4.69) is 32.2 Å². The first-order chi connectivity index (χ1) is 42.0. The molecule has 3 aliphatic rings. The van der Waals surface area contributed by atoms with Gasteiger partial charge in [-0.05, 0) is 67.4 Å². The number of phenols is 1.